The van der Waals surface area contributed by atoms with E-state index in [0.717, 1.165) is 32.1 Å². The minimum atomic E-state index is -0.214. The normalized spacial score (nSPS) is 15.2. The van der Waals surface area contributed by atoms with Crippen LogP contribution in [0.1, 0.15) is 209 Å². The molecule has 0 spiro atoms. The highest BCUT2D eigenvalue weighted by atomic mass is 16.5. The zero-order chi connectivity index (χ0) is 44.4. The molecule has 4 heteroatoms. The lowest BCUT2D eigenvalue weighted by atomic mass is 9.69. The van der Waals surface area contributed by atoms with Gasteiger partial charge in [-0.25, -0.2) is 0 Å². The van der Waals surface area contributed by atoms with Crippen molar-refractivity contribution < 1.29 is 19.1 Å². The van der Waals surface area contributed by atoms with Gasteiger partial charge in [0.15, 0.2) is 0 Å². The smallest absolute Gasteiger partial charge is 0.373 e. The first-order valence-corrected chi connectivity index (χ1v) is 24.9. The number of rotatable bonds is 26. The van der Waals surface area contributed by atoms with Crippen LogP contribution in [0.2, 0.25) is 0 Å². The third kappa shape index (κ3) is 11.6. The number of fused-ring (bicyclic) bond motifs is 6. The second-order valence-corrected chi connectivity index (χ2v) is 18.8. The van der Waals surface area contributed by atoms with Crippen LogP contribution in [0.5, 0.6) is 0 Å². The zero-order valence-electron chi connectivity index (χ0n) is 39.5. The molecule has 2 aliphatic carbocycles. The molecule has 4 aromatic carbocycles. The molecule has 0 heterocycles. The highest BCUT2D eigenvalue weighted by Gasteiger charge is 2.44. The third-order valence-electron chi connectivity index (χ3n) is 14.3. The first kappa shape index (κ1) is 48.8. The summed E-state index contributed by atoms with van der Waals surface area (Å²) in [5.74, 6) is -0.0503. The summed E-state index contributed by atoms with van der Waals surface area (Å²) in [6.07, 6.45) is 27.7. The number of carbonyl (C=O) groups is 1. The maximum absolute atomic E-state index is 13.3. The van der Waals surface area contributed by atoms with Crippen LogP contribution >= 0.6 is 0 Å². The van der Waals surface area contributed by atoms with E-state index in [1.165, 1.54) is 165 Å². The molecule has 0 radical (unpaired) electrons. The summed E-state index contributed by atoms with van der Waals surface area (Å²) in [5.41, 5.74) is 16.7. The molecule has 62 heavy (non-hydrogen) atoms. The molecule has 334 valence electrons. The van der Waals surface area contributed by atoms with E-state index in [9.17, 15) is 4.79 Å². The van der Waals surface area contributed by atoms with Gasteiger partial charge in [0.25, 0.3) is 0 Å². The SMILES string of the molecule is CCCCCCCCC1(CCCCCCCC)c2cc(C)ccc2-c2ccc(-c3ccc4c(c3)C(CCCCCC)(CCC(=O)OCCCC)c3cc(C)ccc3-4)cc21.O=C=O. The van der Waals surface area contributed by atoms with E-state index in [2.05, 4.69) is 114 Å². The maximum atomic E-state index is 13.3. The quantitative estimate of drug-likeness (QED) is 0.0467. The molecular weight excluding hydrogens is 761 g/mol. The first-order chi connectivity index (χ1) is 30.2. The van der Waals surface area contributed by atoms with Crippen molar-refractivity contribution in [1.29, 1.82) is 0 Å². The molecule has 0 amide bonds. The van der Waals surface area contributed by atoms with Crippen molar-refractivity contribution in [3.8, 4) is 33.4 Å². The molecule has 0 fully saturated rings. The van der Waals surface area contributed by atoms with Gasteiger partial charge in [-0.1, -0.05) is 209 Å². The number of ether oxygens (including phenoxy) is 1. The van der Waals surface area contributed by atoms with E-state index in [1.54, 1.807) is 11.1 Å². The van der Waals surface area contributed by atoms with Crippen molar-refractivity contribution in [3.63, 3.8) is 0 Å². The lowest BCUT2D eigenvalue weighted by molar-refractivity contribution is -0.191. The molecular formula is C58H78O4. The number of carbonyl (C=O) groups excluding carboxylic acids is 3. The van der Waals surface area contributed by atoms with Gasteiger partial charge in [-0.05, 0) is 114 Å². The standard InChI is InChI=1S/C57H78O2.CO2/c1-7-11-15-18-20-23-34-56(35-24-21-19-16-12-8-2)51-39-43(5)25-29-47(51)49-31-27-45(41-53(49)56)46-28-32-50-48-30-26-44(6)40-52(48)57(54(50)42-46,36-22-17-13-9-3)37-33-55(58)59-38-14-10-4;2-1-3/h25-32,39-42H,7-24,33-38H2,1-6H3;. The van der Waals surface area contributed by atoms with Crippen LogP contribution in [-0.4, -0.2) is 18.7 Å². The molecule has 0 aromatic heterocycles. The van der Waals surface area contributed by atoms with Gasteiger partial charge in [0.2, 0.25) is 0 Å². The molecule has 4 aromatic rings. The zero-order valence-corrected chi connectivity index (χ0v) is 39.5. The summed E-state index contributed by atoms with van der Waals surface area (Å²) >= 11 is 0. The van der Waals surface area contributed by atoms with Gasteiger partial charge < -0.3 is 4.74 Å². The van der Waals surface area contributed by atoms with Crippen LogP contribution in [0.25, 0.3) is 33.4 Å². The van der Waals surface area contributed by atoms with Gasteiger partial charge in [0, 0.05) is 17.3 Å². The fraction of sp³-hybridized carbons (Fsp3) is 0.552. The first-order valence-electron chi connectivity index (χ1n) is 24.9. The fourth-order valence-electron chi connectivity index (χ4n) is 10.9. The van der Waals surface area contributed by atoms with Crippen molar-refractivity contribution in [2.75, 3.05) is 6.61 Å². The summed E-state index contributed by atoms with van der Waals surface area (Å²) in [4.78, 5) is 29.6. The van der Waals surface area contributed by atoms with Crippen LogP contribution in [0, 0.1) is 13.8 Å². The monoisotopic (exact) mass is 839 g/mol. The Morgan fingerprint density at radius 3 is 1.21 bits per heavy atom. The second kappa shape index (κ2) is 24.5. The lowest BCUT2D eigenvalue weighted by Crippen LogP contribution is -2.27. The Labute approximate surface area is 376 Å². The Morgan fingerprint density at radius 2 is 0.790 bits per heavy atom. The van der Waals surface area contributed by atoms with Crippen molar-refractivity contribution in [3.05, 3.63) is 106 Å². The van der Waals surface area contributed by atoms with Crippen molar-refractivity contribution in [2.45, 2.75) is 200 Å². The molecule has 0 aliphatic heterocycles. The van der Waals surface area contributed by atoms with Crippen LogP contribution in [0.4, 0.5) is 0 Å². The number of unbranched alkanes of at least 4 members (excludes halogenated alkanes) is 14. The van der Waals surface area contributed by atoms with Crippen LogP contribution in [0.15, 0.2) is 72.8 Å². The van der Waals surface area contributed by atoms with Crippen molar-refractivity contribution in [1.82, 2.24) is 0 Å². The lowest BCUT2D eigenvalue weighted by Gasteiger charge is -2.34. The molecule has 0 bridgehead atoms. The summed E-state index contributed by atoms with van der Waals surface area (Å²) in [6.45, 7) is 14.1. The average molecular weight is 839 g/mol. The van der Waals surface area contributed by atoms with Crippen molar-refractivity contribution in [2.24, 2.45) is 0 Å². The summed E-state index contributed by atoms with van der Waals surface area (Å²) in [7, 11) is 0. The Hall–Kier alpha value is -4.27. The maximum Gasteiger partial charge on any atom is 0.373 e. The molecule has 1 atom stereocenters. The Bertz CT molecular complexity index is 2050. The number of hydrogen-bond donors (Lipinski definition) is 0. The number of benzene rings is 4. The molecule has 6 rings (SSSR count). The molecule has 0 saturated heterocycles. The number of esters is 1. The fourth-order valence-corrected chi connectivity index (χ4v) is 10.9. The highest BCUT2D eigenvalue weighted by Crippen LogP contribution is 2.57. The highest BCUT2D eigenvalue weighted by molar-refractivity contribution is 5.87. The Balaban J connectivity index is 0.00000235. The van der Waals surface area contributed by atoms with Gasteiger partial charge in [-0.15, -0.1) is 0 Å². The van der Waals surface area contributed by atoms with Gasteiger partial charge in [-0.3, -0.25) is 4.79 Å². The number of aryl methyl sites for hydroxylation is 2. The predicted octanol–water partition coefficient (Wildman–Crippen LogP) is 16.5. The summed E-state index contributed by atoms with van der Waals surface area (Å²) < 4.78 is 5.78. The summed E-state index contributed by atoms with van der Waals surface area (Å²) in [5, 5.41) is 0. The predicted molar refractivity (Wildman–Crippen MR) is 259 cm³/mol. The molecule has 4 nitrogen and oxygen atoms in total. The molecule has 2 aliphatic rings. The van der Waals surface area contributed by atoms with E-state index >= 15 is 0 Å². The topological polar surface area (TPSA) is 60.4 Å². The van der Waals surface area contributed by atoms with Crippen LogP contribution in [-0.2, 0) is 30.0 Å². The van der Waals surface area contributed by atoms with E-state index in [-0.39, 0.29) is 23.0 Å². The second-order valence-electron chi connectivity index (χ2n) is 18.8. The van der Waals surface area contributed by atoms with Gasteiger partial charge in [0.05, 0.1) is 6.61 Å². The average Bonchev–Trinajstić information content (AvgIpc) is 3.69. The van der Waals surface area contributed by atoms with E-state index < -0.39 is 0 Å². The van der Waals surface area contributed by atoms with E-state index in [0.29, 0.717) is 13.0 Å². The third-order valence-corrected chi connectivity index (χ3v) is 14.3. The van der Waals surface area contributed by atoms with Gasteiger partial charge in [0.1, 0.15) is 0 Å². The van der Waals surface area contributed by atoms with Crippen LogP contribution in [0.3, 0.4) is 0 Å². The van der Waals surface area contributed by atoms with Crippen LogP contribution < -0.4 is 0 Å². The number of hydrogen-bond acceptors (Lipinski definition) is 4. The van der Waals surface area contributed by atoms with E-state index in [1.807, 2.05) is 0 Å². The Morgan fingerprint density at radius 1 is 0.452 bits per heavy atom. The minimum Gasteiger partial charge on any atom is -0.466 e. The van der Waals surface area contributed by atoms with Gasteiger partial charge >= 0.3 is 12.1 Å². The van der Waals surface area contributed by atoms with Gasteiger partial charge in [-0.2, -0.15) is 9.59 Å². The Kier molecular flexibility index (Phi) is 19.3. The molecule has 0 saturated carbocycles. The van der Waals surface area contributed by atoms with E-state index in [4.69, 9.17) is 14.3 Å². The van der Waals surface area contributed by atoms with Crippen molar-refractivity contribution >= 4 is 12.1 Å². The minimum absolute atomic E-state index is 0.0495. The molecule has 1 unspecified atom stereocenters. The summed E-state index contributed by atoms with van der Waals surface area (Å²) in [6, 6.07) is 29.2. The largest absolute Gasteiger partial charge is 0.466 e. The molecule has 0 N–H and O–H groups in total.